The summed E-state index contributed by atoms with van der Waals surface area (Å²) in [5.74, 6) is -2.67. The second-order valence-electron chi connectivity index (χ2n) is 2.56. The molecule has 0 aliphatic carbocycles. The van der Waals surface area contributed by atoms with Gasteiger partial charge in [-0.2, -0.15) is 0 Å². The van der Waals surface area contributed by atoms with Gasteiger partial charge >= 0.3 is 5.97 Å². The molecule has 0 aromatic heterocycles. The quantitative estimate of drug-likeness (QED) is 0.714. The normalized spacial score (nSPS) is 12.4. The third kappa shape index (κ3) is 1.95. The molecule has 0 saturated heterocycles. The number of rotatable bonds is 2. The van der Waals surface area contributed by atoms with Crippen molar-refractivity contribution in [2.45, 2.75) is 6.17 Å². The molecule has 0 aliphatic heterocycles. The Balaban J connectivity index is 3.22. The van der Waals surface area contributed by atoms with E-state index in [1.807, 2.05) is 0 Å². The summed E-state index contributed by atoms with van der Waals surface area (Å²) in [5, 5.41) is 26.4. The molecule has 76 valence electrons. The van der Waals surface area contributed by atoms with Crippen molar-refractivity contribution < 1.29 is 24.5 Å². The Morgan fingerprint density at radius 2 is 1.86 bits per heavy atom. The standard InChI is InChI=1S/C8H6BrFO4/c9-4-2-6(12)5(11)1-3(4)7(10)8(13)14/h1-2,7,11-12H,(H,13,14). The first kappa shape index (κ1) is 10.8. The lowest BCUT2D eigenvalue weighted by Crippen LogP contribution is -2.06. The van der Waals surface area contributed by atoms with Crippen LogP contribution in [-0.4, -0.2) is 21.3 Å². The molecule has 0 aliphatic rings. The molecule has 0 saturated carbocycles. The Morgan fingerprint density at radius 1 is 1.36 bits per heavy atom. The van der Waals surface area contributed by atoms with Gasteiger partial charge in [0.2, 0.25) is 6.17 Å². The van der Waals surface area contributed by atoms with Crippen molar-refractivity contribution in [1.82, 2.24) is 0 Å². The molecule has 0 bridgehead atoms. The van der Waals surface area contributed by atoms with Crippen LogP contribution in [-0.2, 0) is 4.79 Å². The number of hydrogen-bond donors (Lipinski definition) is 3. The molecular weight excluding hydrogens is 259 g/mol. The van der Waals surface area contributed by atoms with E-state index >= 15 is 0 Å². The predicted molar refractivity (Wildman–Crippen MR) is 49.0 cm³/mol. The van der Waals surface area contributed by atoms with Crippen LogP contribution in [0.1, 0.15) is 11.7 Å². The molecule has 0 radical (unpaired) electrons. The summed E-state index contributed by atoms with van der Waals surface area (Å²) in [7, 11) is 0. The van der Waals surface area contributed by atoms with Crippen molar-refractivity contribution in [3.63, 3.8) is 0 Å². The minimum atomic E-state index is -2.24. The number of aromatic hydroxyl groups is 2. The smallest absolute Gasteiger partial charge is 0.343 e. The zero-order valence-electron chi connectivity index (χ0n) is 6.74. The molecule has 1 atom stereocenters. The molecular formula is C8H6BrFO4. The molecule has 1 aromatic carbocycles. The largest absolute Gasteiger partial charge is 0.504 e. The zero-order valence-corrected chi connectivity index (χ0v) is 8.32. The van der Waals surface area contributed by atoms with Crippen molar-refractivity contribution in [2.24, 2.45) is 0 Å². The van der Waals surface area contributed by atoms with E-state index < -0.39 is 23.6 Å². The van der Waals surface area contributed by atoms with Crippen molar-refractivity contribution in [1.29, 1.82) is 0 Å². The van der Waals surface area contributed by atoms with Crippen LogP contribution in [0.2, 0.25) is 0 Å². The van der Waals surface area contributed by atoms with Crippen molar-refractivity contribution in [2.75, 3.05) is 0 Å². The second-order valence-corrected chi connectivity index (χ2v) is 3.42. The SMILES string of the molecule is O=C(O)C(F)c1cc(O)c(O)cc1Br. The van der Waals surface area contributed by atoms with Crippen molar-refractivity contribution in [3.05, 3.63) is 22.2 Å². The van der Waals surface area contributed by atoms with Gasteiger partial charge in [0.1, 0.15) is 0 Å². The molecule has 0 heterocycles. The number of phenolic OH excluding ortho intramolecular Hbond substituents is 2. The van der Waals surface area contributed by atoms with Crippen LogP contribution in [0, 0.1) is 0 Å². The third-order valence-corrected chi connectivity index (χ3v) is 2.27. The number of phenols is 2. The van der Waals surface area contributed by atoms with E-state index in [1.54, 1.807) is 0 Å². The molecule has 1 aromatic rings. The van der Waals surface area contributed by atoms with Crippen LogP contribution in [0.4, 0.5) is 4.39 Å². The predicted octanol–water partition coefficient (Wildman–Crippen LogP) is 1.96. The van der Waals surface area contributed by atoms with E-state index in [2.05, 4.69) is 15.9 Å². The van der Waals surface area contributed by atoms with Gasteiger partial charge in [-0.1, -0.05) is 15.9 Å². The van der Waals surface area contributed by atoms with E-state index in [9.17, 15) is 9.18 Å². The first-order valence-electron chi connectivity index (χ1n) is 3.51. The molecule has 1 rings (SSSR count). The van der Waals surface area contributed by atoms with E-state index in [1.165, 1.54) is 0 Å². The molecule has 3 N–H and O–H groups in total. The number of hydrogen-bond acceptors (Lipinski definition) is 3. The summed E-state index contributed by atoms with van der Waals surface area (Å²) in [5.41, 5.74) is -0.243. The maximum Gasteiger partial charge on any atom is 0.343 e. The van der Waals surface area contributed by atoms with Crippen LogP contribution in [0.5, 0.6) is 11.5 Å². The number of benzene rings is 1. The van der Waals surface area contributed by atoms with Crippen LogP contribution in [0.3, 0.4) is 0 Å². The number of aliphatic carboxylic acids is 1. The van der Waals surface area contributed by atoms with Gasteiger partial charge < -0.3 is 15.3 Å². The minimum absolute atomic E-state index is 0.0858. The van der Waals surface area contributed by atoms with Gasteiger partial charge in [-0.25, -0.2) is 9.18 Å². The lowest BCUT2D eigenvalue weighted by molar-refractivity contribution is -0.143. The highest BCUT2D eigenvalue weighted by molar-refractivity contribution is 9.10. The maximum absolute atomic E-state index is 13.0. The van der Waals surface area contributed by atoms with Gasteiger partial charge in [-0.15, -0.1) is 0 Å². The number of carboxylic acids is 1. The number of carbonyl (C=O) groups is 1. The highest BCUT2D eigenvalue weighted by Crippen LogP contribution is 2.35. The van der Waals surface area contributed by atoms with E-state index in [4.69, 9.17) is 15.3 Å². The highest BCUT2D eigenvalue weighted by atomic mass is 79.9. The monoisotopic (exact) mass is 264 g/mol. The van der Waals surface area contributed by atoms with E-state index in [0.717, 1.165) is 12.1 Å². The zero-order chi connectivity index (χ0) is 10.9. The van der Waals surface area contributed by atoms with E-state index in [0.29, 0.717) is 0 Å². The van der Waals surface area contributed by atoms with Gasteiger partial charge in [-0.3, -0.25) is 0 Å². The number of carboxylic acid groups (broad SMARTS) is 1. The Labute approximate surface area is 86.7 Å². The first-order chi connectivity index (χ1) is 6.43. The summed E-state index contributed by atoms with van der Waals surface area (Å²) in [6.07, 6.45) is -2.24. The Hall–Kier alpha value is -1.30. The molecule has 0 amide bonds. The fraction of sp³-hybridized carbons (Fsp3) is 0.125. The fourth-order valence-corrected chi connectivity index (χ4v) is 1.43. The Morgan fingerprint density at radius 3 is 2.36 bits per heavy atom. The molecule has 6 heteroatoms. The lowest BCUT2D eigenvalue weighted by atomic mass is 10.1. The Bertz CT molecular complexity index is 380. The van der Waals surface area contributed by atoms with Gasteiger partial charge in [0.15, 0.2) is 11.5 Å². The van der Waals surface area contributed by atoms with Gasteiger partial charge in [0, 0.05) is 10.0 Å². The summed E-state index contributed by atoms with van der Waals surface area (Å²) in [4.78, 5) is 10.3. The van der Waals surface area contributed by atoms with Gasteiger partial charge in [0.25, 0.3) is 0 Å². The summed E-state index contributed by atoms with van der Waals surface area (Å²) in [6, 6.07) is 1.89. The summed E-state index contributed by atoms with van der Waals surface area (Å²) in [6.45, 7) is 0. The maximum atomic E-state index is 13.0. The number of alkyl halides is 1. The second kappa shape index (κ2) is 3.83. The minimum Gasteiger partial charge on any atom is -0.504 e. The lowest BCUT2D eigenvalue weighted by Gasteiger charge is -2.07. The highest BCUT2D eigenvalue weighted by Gasteiger charge is 2.22. The average Bonchev–Trinajstić information content (AvgIpc) is 2.10. The molecule has 1 unspecified atom stereocenters. The third-order valence-electron chi connectivity index (χ3n) is 1.58. The molecule has 0 fully saturated rings. The van der Waals surface area contributed by atoms with E-state index in [-0.39, 0.29) is 10.0 Å². The summed E-state index contributed by atoms with van der Waals surface area (Å²) < 4.78 is 13.1. The molecule has 0 spiro atoms. The summed E-state index contributed by atoms with van der Waals surface area (Å²) >= 11 is 2.88. The average molecular weight is 265 g/mol. The van der Waals surface area contributed by atoms with Crippen LogP contribution >= 0.6 is 15.9 Å². The topological polar surface area (TPSA) is 77.8 Å². The van der Waals surface area contributed by atoms with Gasteiger partial charge in [0.05, 0.1) is 0 Å². The first-order valence-corrected chi connectivity index (χ1v) is 4.31. The fourth-order valence-electron chi connectivity index (χ4n) is 0.895. The van der Waals surface area contributed by atoms with Crippen LogP contribution in [0.25, 0.3) is 0 Å². The van der Waals surface area contributed by atoms with Crippen LogP contribution < -0.4 is 0 Å². The Kier molecular flexibility index (Phi) is 2.95. The van der Waals surface area contributed by atoms with Crippen molar-refractivity contribution in [3.8, 4) is 11.5 Å². The van der Waals surface area contributed by atoms with Crippen LogP contribution in [0.15, 0.2) is 16.6 Å². The van der Waals surface area contributed by atoms with Gasteiger partial charge in [-0.05, 0) is 12.1 Å². The molecule has 4 nitrogen and oxygen atoms in total. The number of halogens is 2. The molecule has 14 heavy (non-hydrogen) atoms. The van der Waals surface area contributed by atoms with Crippen molar-refractivity contribution >= 4 is 21.9 Å².